The minimum absolute atomic E-state index is 0.0322. The maximum atomic E-state index is 12.3. The van der Waals surface area contributed by atoms with Crippen LogP contribution in [0.4, 0.5) is 5.69 Å². The molecule has 0 atom stereocenters. The van der Waals surface area contributed by atoms with Crippen LogP contribution < -0.4 is 5.32 Å². The number of nitrogens with one attached hydrogen (secondary N) is 1. The van der Waals surface area contributed by atoms with E-state index in [1.807, 2.05) is 18.2 Å². The molecule has 2 N–H and O–H groups in total. The zero-order valence-corrected chi connectivity index (χ0v) is 11.0. The molecule has 1 heterocycles. The summed E-state index contributed by atoms with van der Waals surface area (Å²) in [7, 11) is 1.64. The number of aliphatic carboxylic acids is 1. The van der Waals surface area contributed by atoms with Gasteiger partial charge in [0.25, 0.3) is 5.91 Å². The number of benzene rings is 1. The van der Waals surface area contributed by atoms with Crippen molar-refractivity contribution in [1.29, 1.82) is 0 Å². The van der Waals surface area contributed by atoms with Gasteiger partial charge < -0.3 is 15.3 Å². The number of rotatable bonds is 4. The van der Waals surface area contributed by atoms with Gasteiger partial charge in [0.15, 0.2) is 0 Å². The number of carbonyl (C=O) groups is 2. The third-order valence-electron chi connectivity index (χ3n) is 3.33. The summed E-state index contributed by atoms with van der Waals surface area (Å²) in [6.45, 7) is 1.16. The molecule has 5 heteroatoms. The van der Waals surface area contributed by atoms with Crippen LogP contribution in [-0.2, 0) is 11.2 Å². The van der Waals surface area contributed by atoms with Crippen LogP contribution in [0.3, 0.4) is 0 Å². The van der Waals surface area contributed by atoms with E-state index in [2.05, 4.69) is 5.32 Å². The molecule has 0 bridgehead atoms. The lowest BCUT2D eigenvalue weighted by Crippen LogP contribution is -2.30. The van der Waals surface area contributed by atoms with Crippen LogP contribution in [0, 0.1) is 0 Å². The van der Waals surface area contributed by atoms with E-state index < -0.39 is 5.97 Å². The number of nitrogens with zero attached hydrogens (tertiary/aromatic N) is 1. The number of carboxylic acids is 1. The van der Waals surface area contributed by atoms with Crippen molar-refractivity contribution in [3.05, 3.63) is 29.3 Å². The first-order valence-corrected chi connectivity index (χ1v) is 6.42. The van der Waals surface area contributed by atoms with Crippen molar-refractivity contribution < 1.29 is 14.7 Å². The molecule has 1 aromatic rings. The Bertz CT molecular complexity index is 499. The molecule has 1 aliphatic rings. The molecule has 0 saturated carbocycles. The minimum Gasteiger partial charge on any atom is -0.481 e. The summed E-state index contributed by atoms with van der Waals surface area (Å²) >= 11 is 0. The second-order valence-corrected chi connectivity index (χ2v) is 4.73. The Morgan fingerprint density at radius 1 is 1.42 bits per heavy atom. The first kappa shape index (κ1) is 13.4. The Morgan fingerprint density at radius 2 is 2.21 bits per heavy atom. The van der Waals surface area contributed by atoms with Gasteiger partial charge in [-0.05, 0) is 30.5 Å². The molecule has 0 unspecified atom stereocenters. The van der Waals surface area contributed by atoms with Crippen molar-refractivity contribution in [1.82, 2.24) is 4.90 Å². The van der Waals surface area contributed by atoms with Gasteiger partial charge in [0.1, 0.15) is 0 Å². The van der Waals surface area contributed by atoms with E-state index in [9.17, 15) is 9.59 Å². The summed E-state index contributed by atoms with van der Waals surface area (Å²) in [5, 5.41) is 11.9. The van der Waals surface area contributed by atoms with Gasteiger partial charge in [0.2, 0.25) is 0 Å². The summed E-state index contributed by atoms with van der Waals surface area (Å²) in [5.74, 6) is -1.00. The van der Waals surface area contributed by atoms with Gasteiger partial charge in [0.05, 0.1) is 6.42 Å². The van der Waals surface area contributed by atoms with Crippen LogP contribution in [-0.4, -0.2) is 42.0 Å². The zero-order chi connectivity index (χ0) is 13.8. The highest BCUT2D eigenvalue weighted by molar-refractivity contribution is 5.97. The average Bonchev–Trinajstić information content (AvgIpc) is 2.43. The molecule has 1 aromatic carbocycles. The van der Waals surface area contributed by atoms with Crippen molar-refractivity contribution in [2.24, 2.45) is 0 Å². The summed E-state index contributed by atoms with van der Waals surface area (Å²) in [6.07, 6.45) is 1.86. The van der Waals surface area contributed by atoms with Gasteiger partial charge >= 0.3 is 5.97 Å². The highest BCUT2D eigenvalue weighted by atomic mass is 16.4. The molecule has 0 spiro atoms. The number of hydrogen-bond acceptors (Lipinski definition) is 3. The fraction of sp³-hybridized carbons (Fsp3) is 0.429. The van der Waals surface area contributed by atoms with Gasteiger partial charge in [0, 0.05) is 31.4 Å². The van der Waals surface area contributed by atoms with Gasteiger partial charge in [-0.2, -0.15) is 0 Å². The normalized spacial score (nSPS) is 13.3. The quantitative estimate of drug-likeness (QED) is 0.864. The molecular formula is C14H18N2O3. The van der Waals surface area contributed by atoms with Crippen LogP contribution in [0.5, 0.6) is 0 Å². The second kappa shape index (κ2) is 5.73. The number of anilines is 1. The van der Waals surface area contributed by atoms with E-state index in [1.165, 1.54) is 4.90 Å². The van der Waals surface area contributed by atoms with Crippen LogP contribution in [0.25, 0.3) is 0 Å². The molecule has 1 aliphatic heterocycles. The molecule has 1 amide bonds. The monoisotopic (exact) mass is 262 g/mol. The van der Waals surface area contributed by atoms with E-state index in [-0.39, 0.29) is 18.9 Å². The predicted molar refractivity (Wildman–Crippen MR) is 72.5 cm³/mol. The van der Waals surface area contributed by atoms with Gasteiger partial charge in [-0.1, -0.05) is 6.07 Å². The molecule has 0 aromatic heterocycles. The van der Waals surface area contributed by atoms with Gasteiger partial charge in [-0.25, -0.2) is 0 Å². The lowest BCUT2D eigenvalue weighted by Gasteiger charge is -2.23. The maximum Gasteiger partial charge on any atom is 0.305 e. The summed E-state index contributed by atoms with van der Waals surface area (Å²) in [5.41, 5.74) is 2.74. The van der Waals surface area contributed by atoms with Crippen molar-refractivity contribution in [3.63, 3.8) is 0 Å². The van der Waals surface area contributed by atoms with Gasteiger partial charge in [-0.15, -0.1) is 0 Å². The van der Waals surface area contributed by atoms with E-state index in [1.54, 1.807) is 7.05 Å². The lowest BCUT2D eigenvalue weighted by molar-refractivity contribution is -0.137. The molecule has 5 nitrogen and oxygen atoms in total. The lowest BCUT2D eigenvalue weighted by atomic mass is 9.97. The molecule has 0 radical (unpaired) electrons. The molecule has 19 heavy (non-hydrogen) atoms. The Morgan fingerprint density at radius 3 is 2.95 bits per heavy atom. The molecule has 2 rings (SSSR count). The highest BCUT2D eigenvalue weighted by Crippen LogP contribution is 2.26. The van der Waals surface area contributed by atoms with Crippen molar-refractivity contribution in [2.45, 2.75) is 19.3 Å². The molecule has 0 saturated heterocycles. The Kier molecular flexibility index (Phi) is 4.04. The fourth-order valence-corrected chi connectivity index (χ4v) is 2.28. The standard InChI is InChI=1S/C14H18N2O3/c1-16(9-7-13(17)18)14(19)11-4-2-6-12-10(11)5-3-8-15-12/h2,4,6,15H,3,5,7-9H2,1H3,(H,17,18). The smallest absolute Gasteiger partial charge is 0.305 e. The molecule has 0 aliphatic carbocycles. The Balaban J connectivity index is 2.17. The topological polar surface area (TPSA) is 69.6 Å². The largest absolute Gasteiger partial charge is 0.481 e. The Hall–Kier alpha value is -2.04. The molecule has 0 fully saturated rings. The fourth-order valence-electron chi connectivity index (χ4n) is 2.28. The first-order chi connectivity index (χ1) is 9.09. The number of amides is 1. The summed E-state index contributed by atoms with van der Waals surface area (Å²) < 4.78 is 0. The first-order valence-electron chi connectivity index (χ1n) is 6.42. The van der Waals surface area contributed by atoms with E-state index in [4.69, 9.17) is 5.11 Å². The third-order valence-corrected chi connectivity index (χ3v) is 3.33. The third kappa shape index (κ3) is 3.05. The van der Waals surface area contributed by atoms with Crippen molar-refractivity contribution in [3.8, 4) is 0 Å². The summed E-state index contributed by atoms with van der Waals surface area (Å²) in [6, 6.07) is 5.64. The maximum absolute atomic E-state index is 12.3. The number of carbonyl (C=O) groups excluding carboxylic acids is 1. The van der Waals surface area contributed by atoms with Crippen molar-refractivity contribution >= 4 is 17.6 Å². The average molecular weight is 262 g/mol. The van der Waals surface area contributed by atoms with E-state index in [0.717, 1.165) is 30.6 Å². The van der Waals surface area contributed by atoms with Crippen LogP contribution >= 0.6 is 0 Å². The minimum atomic E-state index is -0.892. The predicted octanol–water partition coefficient (Wildman–Crippen LogP) is 1.59. The van der Waals surface area contributed by atoms with Crippen LogP contribution in [0.15, 0.2) is 18.2 Å². The van der Waals surface area contributed by atoms with Crippen LogP contribution in [0.2, 0.25) is 0 Å². The summed E-state index contributed by atoms with van der Waals surface area (Å²) in [4.78, 5) is 24.4. The Labute approximate surface area is 112 Å². The SMILES string of the molecule is CN(CCC(=O)O)C(=O)c1cccc2c1CCCN2. The van der Waals surface area contributed by atoms with E-state index >= 15 is 0 Å². The highest BCUT2D eigenvalue weighted by Gasteiger charge is 2.20. The molecular weight excluding hydrogens is 244 g/mol. The molecule has 102 valence electrons. The number of carboxylic acid groups (broad SMARTS) is 1. The van der Waals surface area contributed by atoms with E-state index in [0.29, 0.717) is 5.56 Å². The second-order valence-electron chi connectivity index (χ2n) is 4.73. The zero-order valence-electron chi connectivity index (χ0n) is 11.0. The van der Waals surface area contributed by atoms with Crippen molar-refractivity contribution in [2.75, 3.05) is 25.5 Å². The number of fused-ring (bicyclic) bond motifs is 1. The van der Waals surface area contributed by atoms with Gasteiger partial charge in [-0.3, -0.25) is 9.59 Å². The van der Waals surface area contributed by atoms with Crippen LogP contribution in [0.1, 0.15) is 28.8 Å². The number of hydrogen-bond donors (Lipinski definition) is 2.